The van der Waals surface area contributed by atoms with Crippen LogP contribution >= 0.6 is 0 Å². The molecule has 10 rings (SSSR count). The number of nitriles is 2. The summed E-state index contributed by atoms with van der Waals surface area (Å²) in [6.07, 6.45) is 0. The summed E-state index contributed by atoms with van der Waals surface area (Å²) in [7, 11) is 0. The average molecular weight is 912 g/mol. The highest BCUT2D eigenvalue weighted by atomic mass is 15.0. The van der Waals surface area contributed by atoms with Gasteiger partial charge in [-0.15, -0.1) is 0 Å². The van der Waals surface area contributed by atoms with Crippen molar-refractivity contribution in [3.05, 3.63) is 185 Å². The van der Waals surface area contributed by atoms with Crippen molar-refractivity contribution in [2.75, 3.05) is 0 Å². The Bertz CT molecular complexity index is 3480. The number of hydrogen-bond acceptors (Lipinski definition) is 3. The minimum absolute atomic E-state index is 0.0278. The van der Waals surface area contributed by atoms with E-state index in [0.717, 1.165) is 67.1 Å². The first-order chi connectivity index (χ1) is 33.1. The summed E-state index contributed by atoms with van der Waals surface area (Å²) in [5.74, 6) is 0. The molecule has 0 radical (unpaired) electrons. The lowest BCUT2D eigenvalue weighted by molar-refractivity contribution is 0.590. The highest BCUT2D eigenvalue weighted by Gasteiger charge is 2.25. The molecule has 70 heavy (non-hydrogen) atoms. The van der Waals surface area contributed by atoms with Crippen molar-refractivity contribution >= 4 is 43.6 Å². The molecule has 10 aromatic rings. The number of hydrogen-bond donors (Lipinski definition) is 0. The normalized spacial score (nSPS) is 12.5. The first-order valence-corrected chi connectivity index (χ1v) is 24.5. The molecule has 0 aliphatic heterocycles. The molecule has 0 aliphatic rings. The molecule has 5 heteroatoms. The first-order valence-electron chi connectivity index (χ1n) is 24.5. The maximum absolute atomic E-state index is 10.2. The maximum Gasteiger partial charge on any atom is 0.101 e. The molecule has 0 atom stereocenters. The van der Waals surface area contributed by atoms with E-state index in [0.29, 0.717) is 11.1 Å². The highest BCUT2D eigenvalue weighted by molar-refractivity contribution is 6.11. The molecule has 0 saturated carbocycles. The van der Waals surface area contributed by atoms with Crippen molar-refractivity contribution in [2.45, 2.75) is 105 Å². The Morgan fingerprint density at radius 1 is 0.357 bits per heavy atom. The SMILES string of the molecule is CC(C)(C)c1ccc2c(c1)c1cc(C(C)(C)C)ccc1n2-c1ccccc1-c1cc(-c2ccc(C#N)c(C#N)c2)cc(-c2ccccc2-n2c3ccc(C(C)(C)C)cc3c3cc(C(C)(C)C)ccc32)n1. The fourth-order valence-electron chi connectivity index (χ4n) is 10.1. The monoisotopic (exact) mass is 911 g/mol. The molecule has 0 fully saturated rings. The largest absolute Gasteiger partial charge is 0.309 e. The van der Waals surface area contributed by atoms with E-state index in [-0.39, 0.29) is 21.7 Å². The standard InChI is InChI=1S/C65H61N5/c1-62(2,3)44-23-27-58-50(34-44)51-35-45(63(4,5)6)24-28-59(51)69(58)56-19-15-13-17-48(56)54-32-42(40-21-22-41(38-66)43(31-40)39-67)33-55(68-54)49-18-14-16-20-57(49)70-60-29-25-46(64(7,8)9)36-52(60)53-37-47(65(10,11)12)26-30-61(53)70/h13-37H,1-12H3. The predicted molar refractivity (Wildman–Crippen MR) is 293 cm³/mol. The van der Waals surface area contributed by atoms with Gasteiger partial charge in [0.15, 0.2) is 0 Å². The van der Waals surface area contributed by atoms with Gasteiger partial charge in [-0.3, -0.25) is 0 Å². The number of fused-ring (bicyclic) bond motifs is 6. The van der Waals surface area contributed by atoms with Crippen LogP contribution in [0.4, 0.5) is 0 Å². The third-order valence-corrected chi connectivity index (χ3v) is 14.3. The summed E-state index contributed by atoms with van der Waals surface area (Å²) in [6.45, 7) is 27.3. The van der Waals surface area contributed by atoms with Crippen LogP contribution in [0, 0.1) is 22.7 Å². The van der Waals surface area contributed by atoms with Gasteiger partial charge in [-0.2, -0.15) is 10.5 Å². The number of para-hydroxylation sites is 2. The predicted octanol–water partition coefficient (Wildman–Crippen LogP) is 17.2. The van der Waals surface area contributed by atoms with Crippen LogP contribution in [0.5, 0.6) is 0 Å². The van der Waals surface area contributed by atoms with Gasteiger partial charge in [-0.1, -0.05) is 150 Å². The van der Waals surface area contributed by atoms with Gasteiger partial charge < -0.3 is 9.13 Å². The highest BCUT2D eigenvalue weighted by Crippen LogP contribution is 2.43. The average Bonchev–Trinajstić information content (AvgIpc) is 3.84. The molecule has 0 bridgehead atoms. The zero-order valence-corrected chi connectivity index (χ0v) is 42.7. The van der Waals surface area contributed by atoms with E-state index in [1.165, 1.54) is 43.8 Å². The van der Waals surface area contributed by atoms with Gasteiger partial charge >= 0.3 is 0 Å². The molecule has 5 nitrogen and oxygen atoms in total. The molecule has 0 aliphatic carbocycles. The lowest BCUT2D eigenvalue weighted by atomic mass is 9.85. The van der Waals surface area contributed by atoms with E-state index in [2.05, 4.69) is 238 Å². The van der Waals surface area contributed by atoms with Crippen molar-refractivity contribution in [3.63, 3.8) is 0 Å². The number of rotatable bonds is 5. The molecule has 0 amide bonds. The van der Waals surface area contributed by atoms with Gasteiger partial charge in [-0.05, 0) is 140 Å². The smallest absolute Gasteiger partial charge is 0.101 e. The molecular formula is C65H61N5. The number of aromatic nitrogens is 3. The van der Waals surface area contributed by atoms with E-state index in [4.69, 9.17) is 4.98 Å². The summed E-state index contributed by atoms with van der Waals surface area (Å²) in [4.78, 5) is 5.68. The molecular weight excluding hydrogens is 851 g/mol. The topological polar surface area (TPSA) is 70.3 Å². The van der Waals surface area contributed by atoms with E-state index < -0.39 is 0 Å². The minimum atomic E-state index is -0.0278. The molecule has 3 heterocycles. The van der Waals surface area contributed by atoms with Gasteiger partial charge in [0.2, 0.25) is 0 Å². The van der Waals surface area contributed by atoms with E-state index in [9.17, 15) is 10.5 Å². The van der Waals surface area contributed by atoms with Gasteiger partial charge in [0.05, 0.1) is 56.0 Å². The quantitative estimate of drug-likeness (QED) is 0.173. The summed E-state index contributed by atoms with van der Waals surface area (Å²) >= 11 is 0. The van der Waals surface area contributed by atoms with Gasteiger partial charge in [0.25, 0.3) is 0 Å². The fraction of sp³-hybridized carbons (Fsp3) is 0.246. The fourth-order valence-corrected chi connectivity index (χ4v) is 10.1. The maximum atomic E-state index is 10.2. The van der Waals surface area contributed by atoms with Crippen LogP contribution in [0.3, 0.4) is 0 Å². The van der Waals surface area contributed by atoms with Crippen molar-refractivity contribution in [2.24, 2.45) is 0 Å². The lowest BCUT2D eigenvalue weighted by Gasteiger charge is -2.20. The molecule has 7 aromatic carbocycles. The minimum Gasteiger partial charge on any atom is -0.309 e. The Labute approximate surface area is 413 Å². The summed E-state index contributed by atoms with van der Waals surface area (Å²) in [5, 5.41) is 25.1. The molecule has 346 valence electrons. The Kier molecular flexibility index (Phi) is 10.8. The second-order valence-electron chi connectivity index (χ2n) is 23.2. The number of pyridine rings is 1. The van der Waals surface area contributed by atoms with E-state index in [1.54, 1.807) is 6.07 Å². The Morgan fingerprint density at radius 3 is 1.03 bits per heavy atom. The molecule has 0 N–H and O–H groups in total. The molecule has 0 unspecified atom stereocenters. The van der Waals surface area contributed by atoms with E-state index in [1.807, 2.05) is 12.1 Å². The second-order valence-corrected chi connectivity index (χ2v) is 23.2. The van der Waals surface area contributed by atoms with Crippen LogP contribution in [0.1, 0.15) is 116 Å². The first kappa shape index (κ1) is 46.0. The van der Waals surface area contributed by atoms with Crippen LogP contribution in [0.15, 0.2) is 152 Å². The number of benzene rings is 7. The Balaban J connectivity index is 1.26. The van der Waals surface area contributed by atoms with Crippen LogP contribution in [-0.2, 0) is 21.7 Å². The number of nitrogens with zero attached hydrogens (tertiary/aromatic N) is 5. The zero-order chi connectivity index (χ0) is 49.7. The lowest BCUT2D eigenvalue weighted by Crippen LogP contribution is -2.10. The second kappa shape index (κ2) is 16.5. The summed E-state index contributed by atoms with van der Waals surface area (Å²) in [5.41, 5.74) is 17.5. The Morgan fingerprint density at radius 2 is 0.700 bits per heavy atom. The van der Waals surface area contributed by atoms with Crippen LogP contribution < -0.4 is 0 Å². The van der Waals surface area contributed by atoms with Crippen LogP contribution in [-0.4, -0.2) is 14.1 Å². The van der Waals surface area contributed by atoms with Gasteiger partial charge in [0.1, 0.15) is 12.1 Å². The molecule has 0 spiro atoms. The van der Waals surface area contributed by atoms with Gasteiger partial charge in [0, 0.05) is 32.7 Å². The Hall–Kier alpha value is -7.73. The van der Waals surface area contributed by atoms with Crippen molar-refractivity contribution in [1.82, 2.24) is 14.1 Å². The zero-order valence-electron chi connectivity index (χ0n) is 42.7. The summed E-state index contributed by atoms with van der Waals surface area (Å²) in [6, 6.07) is 59.3. The third-order valence-electron chi connectivity index (χ3n) is 14.3. The van der Waals surface area contributed by atoms with Crippen molar-refractivity contribution in [3.8, 4) is 57.2 Å². The van der Waals surface area contributed by atoms with E-state index >= 15 is 0 Å². The third kappa shape index (κ3) is 7.94. The van der Waals surface area contributed by atoms with Gasteiger partial charge in [-0.25, -0.2) is 4.98 Å². The van der Waals surface area contributed by atoms with Crippen molar-refractivity contribution in [1.29, 1.82) is 10.5 Å². The van der Waals surface area contributed by atoms with Crippen molar-refractivity contribution < 1.29 is 0 Å². The molecule has 0 saturated heterocycles. The summed E-state index contributed by atoms with van der Waals surface area (Å²) < 4.78 is 4.82. The molecule has 3 aromatic heterocycles. The van der Waals surface area contributed by atoms with Crippen LogP contribution in [0.25, 0.3) is 88.6 Å². The van der Waals surface area contributed by atoms with Crippen LogP contribution in [0.2, 0.25) is 0 Å².